The Bertz CT molecular complexity index is 726. The van der Waals surface area contributed by atoms with Crippen molar-refractivity contribution in [2.24, 2.45) is 0 Å². The zero-order valence-corrected chi connectivity index (χ0v) is 11.5. The van der Waals surface area contributed by atoms with Gasteiger partial charge in [0.1, 0.15) is 11.7 Å². The zero-order valence-electron chi connectivity index (χ0n) is 11.5. The summed E-state index contributed by atoms with van der Waals surface area (Å²) in [5, 5.41) is 28.2. The minimum Gasteiger partial charge on any atom is -0.508 e. The fraction of sp³-hybridized carbons (Fsp3) is 0.125. The zero-order chi connectivity index (χ0) is 16.3. The Morgan fingerprint density at radius 2 is 1.95 bits per heavy atom. The smallest absolute Gasteiger partial charge is 0.315 e. The van der Waals surface area contributed by atoms with Crippen LogP contribution in [-0.4, -0.2) is 27.3 Å². The lowest BCUT2D eigenvalue weighted by Crippen LogP contribution is -2.14. The van der Waals surface area contributed by atoms with Crippen LogP contribution in [0.4, 0.5) is 5.69 Å². The summed E-state index contributed by atoms with van der Waals surface area (Å²) in [6, 6.07) is 11.3. The number of carboxylic acid groups (broad SMARTS) is 2. The van der Waals surface area contributed by atoms with Crippen LogP contribution in [0.25, 0.3) is 0 Å². The molecule has 0 aliphatic rings. The van der Waals surface area contributed by atoms with Crippen LogP contribution in [0, 0.1) is 6.07 Å². The van der Waals surface area contributed by atoms with Crippen molar-refractivity contribution < 1.29 is 24.9 Å². The second-order valence-electron chi connectivity index (χ2n) is 4.83. The van der Waals surface area contributed by atoms with E-state index in [2.05, 4.69) is 6.07 Å². The molecule has 22 heavy (non-hydrogen) atoms. The summed E-state index contributed by atoms with van der Waals surface area (Å²) in [7, 11) is 0. The molecule has 2 rings (SSSR count). The largest absolute Gasteiger partial charge is 0.508 e. The number of nitrogen functional groups attached to an aromatic ring is 1. The SMILES string of the molecule is Nc1cc(CC(=O)O)cc(C(C(=O)O)c2cc[c]cc2O)c1. The average Bonchev–Trinajstić information content (AvgIpc) is 2.39. The molecule has 2 aromatic rings. The maximum atomic E-state index is 11.6. The molecular formula is C16H14NO5. The molecule has 0 aromatic heterocycles. The van der Waals surface area contributed by atoms with Gasteiger partial charge in [-0.25, -0.2) is 0 Å². The number of carboxylic acids is 2. The fourth-order valence-corrected chi connectivity index (χ4v) is 2.32. The number of nitrogens with two attached hydrogens (primary N) is 1. The maximum Gasteiger partial charge on any atom is 0.315 e. The van der Waals surface area contributed by atoms with Gasteiger partial charge >= 0.3 is 11.9 Å². The quantitative estimate of drug-likeness (QED) is 0.623. The molecule has 0 spiro atoms. The molecule has 1 unspecified atom stereocenters. The Morgan fingerprint density at radius 1 is 1.23 bits per heavy atom. The van der Waals surface area contributed by atoms with Gasteiger partial charge in [0, 0.05) is 11.3 Å². The van der Waals surface area contributed by atoms with Crippen LogP contribution in [0.15, 0.2) is 36.4 Å². The van der Waals surface area contributed by atoms with Crippen LogP contribution < -0.4 is 5.73 Å². The number of aromatic hydroxyl groups is 1. The molecule has 5 N–H and O–H groups in total. The molecule has 0 amide bonds. The van der Waals surface area contributed by atoms with Gasteiger partial charge in [-0.2, -0.15) is 0 Å². The topological polar surface area (TPSA) is 121 Å². The van der Waals surface area contributed by atoms with Crippen LogP contribution in [-0.2, 0) is 16.0 Å². The van der Waals surface area contributed by atoms with Crippen molar-refractivity contribution in [1.82, 2.24) is 0 Å². The summed E-state index contributed by atoms with van der Waals surface area (Å²) in [6.07, 6.45) is -0.265. The van der Waals surface area contributed by atoms with E-state index in [1.54, 1.807) is 0 Å². The summed E-state index contributed by atoms with van der Waals surface area (Å²) in [4.78, 5) is 22.4. The predicted molar refractivity (Wildman–Crippen MR) is 78.6 cm³/mol. The second-order valence-corrected chi connectivity index (χ2v) is 4.83. The number of hydrogen-bond acceptors (Lipinski definition) is 4. The van der Waals surface area contributed by atoms with Crippen molar-refractivity contribution in [1.29, 1.82) is 0 Å². The molecule has 0 aliphatic carbocycles. The third kappa shape index (κ3) is 3.35. The minimum absolute atomic E-state index is 0.193. The van der Waals surface area contributed by atoms with Gasteiger partial charge in [-0.05, 0) is 35.4 Å². The molecule has 0 heterocycles. The molecule has 6 nitrogen and oxygen atoms in total. The minimum atomic E-state index is -1.17. The van der Waals surface area contributed by atoms with Crippen LogP contribution >= 0.6 is 0 Å². The summed E-state index contributed by atoms with van der Waals surface area (Å²) >= 11 is 0. The van der Waals surface area contributed by atoms with Gasteiger partial charge in [0.25, 0.3) is 0 Å². The summed E-state index contributed by atoms with van der Waals surface area (Å²) in [5.74, 6) is -3.56. The van der Waals surface area contributed by atoms with Gasteiger partial charge < -0.3 is 21.1 Å². The lowest BCUT2D eigenvalue weighted by Gasteiger charge is -2.16. The van der Waals surface area contributed by atoms with E-state index in [4.69, 9.17) is 10.8 Å². The number of phenols is 1. The number of hydrogen-bond donors (Lipinski definition) is 4. The number of aliphatic carboxylic acids is 2. The van der Waals surface area contributed by atoms with E-state index < -0.39 is 17.9 Å². The molecule has 113 valence electrons. The van der Waals surface area contributed by atoms with Crippen molar-refractivity contribution in [3.8, 4) is 5.75 Å². The van der Waals surface area contributed by atoms with Crippen molar-refractivity contribution in [3.05, 3.63) is 59.2 Å². The fourth-order valence-electron chi connectivity index (χ4n) is 2.32. The van der Waals surface area contributed by atoms with Gasteiger partial charge in [-0.1, -0.05) is 18.2 Å². The summed E-state index contributed by atoms with van der Waals surface area (Å²) in [5.41, 5.74) is 6.90. The first-order valence-electron chi connectivity index (χ1n) is 6.41. The van der Waals surface area contributed by atoms with E-state index in [-0.39, 0.29) is 23.4 Å². The van der Waals surface area contributed by atoms with Crippen molar-refractivity contribution in [2.45, 2.75) is 12.3 Å². The van der Waals surface area contributed by atoms with Crippen LogP contribution in [0.2, 0.25) is 0 Å². The molecule has 0 bridgehead atoms. The number of anilines is 1. The Labute approximate surface area is 126 Å². The van der Waals surface area contributed by atoms with Gasteiger partial charge in [0.15, 0.2) is 0 Å². The van der Waals surface area contributed by atoms with E-state index in [9.17, 15) is 19.8 Å². The monoisotopic (exact) mass is 300 g/mol. The normalized spacial score (nSPS) is 11.8. The van der Waals surface area contributed by atoms with Gasteiger partial charge in [-0.3, -0.25) is 9.59 Å². The molecule has 0 saturated carbocycles. The van der Waals surface area contributed by atoms with Gasteiger partial charge in [0.05, 0.1) is 6.42 Å². The number of phenolic OH excluding ortho intramolecular Hbond substituents is 1. The molecule has 0 aliphatic heterocycles. The number of rotatable bonds is 5. The first kappa shape index (κ1) is 15.4. The van der Waals surface area contributed by atoms with E-state index >= 15 is 0 Å². The van der Waals surface area contributed by atoms with E-state index in [0.29, 0.717) is 11.1 Å². The number of benzene rings is 2. The highest BCUT2D eigenvalue weighted by Gasteiger charge is 2.25. The first-order valence-corrected chi connectivity index (χ1v) is 6.41. The van der Waals surface area contributed by atoms with Crippen LogP contribution in [0.5, 0.6) is 5.75 Å². The summed E-state index contributed by atoms with van der Waals surface area (Å²) < 4.78 is 0. The van der Waals surface area contributed by atoms with Crippen molar-refractivity contribution in [3.63, 3.8) is 0 Å². The van der Waals surface area contributed by atoms with E-state index in [0.717, 1.165) is 0 Å². The van der Waals surface area contributed by atoms with Gasteiger partial charge in [-0.15, -0.1) is 0 Å². The Balaban J connectivity index is 2.54. The molecule has 0 saturated heterocycles. The third-order valence-corrected chi connectivity index (χ3v) is 3.16. The standard InChI is InChI=1S/C16H14NO5/c17-11-6-9(7-14(19)20)5-10(8-11)15(16(21)22)12-3-1-2-4-13(12)18/h1,3-6,8,15,18H,7,17H2,(H,19,20)(H,21,22). The molecular weight excluding hydrogens is 286 g/mol. The Hall–Kier alpha value is -3.02. The highest BCUT2D eigenvalue weighted by molar-refractivity contribution is 5.82. The average molecular weight is 300 g/mol. The lowest BCUT2D eigenvalue weighted by atomic mass is 9.89. The number of carbonyl (C=O) groups is 2. The van der Waals surface area contributed by atoms with Crippen LogP contribution in [0.3, 0.4) is 0 Å². The first-order chi connectivity index (χ1) is 10.4. The molecule has 2 aromatic carbocycles. The summed E-state index contributed by atoms with van der Waals surface area (Å²) in [6.45, 7) is 0. The maximum absolute atomic E-state index is 11.6. The van der Waals surface area contributed by atoms with Crippen LogP contribution in [0.1, 0.15) is 22.6 Å². The van der Waals surface area contributed by atoms with Crippen molar-refractivity contribution >= 4 is 17.6 Å². The third-order valence-electron chi connectivity index (χ3n) is 3.16. The molecule has 6 heteroatoms. The predicted octanol–water partition coefficient (Wildman–Crippen LogP) is 1.62. The molecule has 0 fully saturated rings. The van der Waals surface area contributed by atoms with Crippen molar-refractivity contribution in [2.75, 3.05) is 5.73 Å². The Morgan fingerprint density at radius 3 is 2.55 bits per heavy atom. The van der Waals surface area contributed by atoms with E-state index in [1.807, 2.05) is 0 Å². The highest BCUT2D eigenvalue weighted by Crippen LogP contribution is 2.32. The highest BCUT2D eigenvalue weighted by atomic mass is 16.4. The lowest BCUT2D eigenvalue weighted by molar-refractivity contribution is -0.138. The molecule has 1 atom stereocenters. The van der Waals surface area contributed by atoms with Gasteiger partial charge in [0.2, 0.25) is 0 Å². The Kier molecular flexibility index (Phi) is 4.31. The molecule has 1 radical (unpaired) electrons. The van der Waals surface area contributed by atoms with E-state index in [1.165, 1.54) is 36.4 Å². The second kappa shape index (κ2) is 6.17.